The lowest BCUT2D eigenvalue weighted by molar-refractivity contribution is -0.384. The van der Waals surface area contributed by atoms with Gasteiger partial charge in [-0.3, -0.25) is 24.6 Å². The Bertz CT molecular complexity index is 693. The van der Waals surface area contributed by atoms with Gasteiger partial charge in [-0.2, -0.15) is 0 Å². The SMILES string of the molecule is O=C1[C@@H]2[C@@H](C(=O)N1Cc1ccc([N+](=O)[O-])cc1)[C@H]1C=C[C@@H]2CC1. The van der Waals surface area contributed by atoms with Gasteiger partial charge < -0.3 is 0 Å². The minimum atomic E-state index is -0.464. The summed E-state index contributed by atoms with van der Waals surface area (Å²) in [5, 5.41) is 10.7. The van der Waals surface area contributed by atoms with E-state index in [9.17, 15) is 19.7 Å². The second kappa shape index (κ2) is 5.01. The molecule has 5 rings (SSSR count). The van der Waals surface area contributed by atoms with Crippen molar-refractivity contribution in [2.24, 2.45) is 23.7 Å². The van der Waals surface area contributed by atoms with Crippen molar-refractivity contribution in [3.63, 3.8) is 0 Å². The summed E-state index contributed by atoms with van der Waals surface area (Å²) in [6.07, 6.45) is 6.14. The zero-order valence-corrected chi connectivity index (χ0v) is 12.4. The Morgan fingerprint density at radius 3 is 1.96 bits per heavy atom. The first-order valence-corrected chi connectivity index (χ1v) is 7.83. The highest BCUT2D eigenvalue weighted by atomic mass is 16.6. The van der Waals surface area contributed by atoms with Crippen molar-refractivity contribution < 1.29 is 14.5 Å². The molecule has 1 heterocycles. The van der Waals surface area contributed by atoms with Gasteiger partial charge in [0.05, 0.1) is 23.3 Å². The zero-order valence-electron chi connectivity index (χ0n) is 12.4. The van der Waals surface area contributed by atoms with E-state index in [1.165, 1.54) is 17.0 Å². The third-order valence-electron chi connectivity index (χ3n) is 5.34. The lowest BCUT2D eigenvalue weighted by Crippen LogP contribution is -2.38. The van der Waals surface area contributed by atoms with Crippen LogP contribution in [0.2, 0.25) is 0 Å². The van der Waals surface area contributed by atoms with Gasteiger partial charge in [0.15, 0.2) is 0 Å². The third kappa shape index (κ3) is 2.09. The number of nitro groups is 1. The lowest BCUT2D eigenvalue weighted by Gasteiger charge is -2.38. The van der Waals surface area contributed by atoms with Crippen LogP contribution in [0.3, 0.4) is 0 Å². The molecule has 1 aliphatic heterocycles. The summed E-state index contributed by atoms with van der Waals surface area (Å²) >= 11 is 0. The molecule has 2 fully saturated rings. The number of fused-ring (bicyclic) bond motifs is 1. The van der Waals surface area contributed by atoms with Crippen LogP contribution in [0.25, 0.3) is 0 Å². The molecule has 0 radical (unpaired) electrons. The molecule has 0 N–H and O–H groups in total. The van der Waals surface area contributed by atoms with Crippen molar-refractivity contribution in [3.8, 4) is 0 Å². The molecule has 4 atom stereocenters. The highest BCUT2D eigenvalue weighted by molar-refractivity contribution is 6.06. The highest BCUT2D eigenvalue weighted by Gasteiger charge is 2.56. The van der Waals surface area contributed by atoms with E-state index >= 15 is 0 Å². The Hall–Kier alpha value is -2.50. The van der Waals surface area contributed by atoms with Crippen LogP contribution in [0.5, 0.6) is 0 Å². The topological polar surface area (TPSA) is 80.5 Å². The Labute approximate surface area is 132 Å². The van der Waals surface area contributed by atoms with E-state index in [1.807, 2.05) is 0 Å². The Morgan fingerprint density at radius 1 is 1.00 bits per heavy atom. The fourth-order valence-corrected chi connectivity index (χ4v) is 4.20. The number of nitrogens with zero attached hydrogens (tertiary/aromatic N) is 2. The maximum absolute atomic E-state index is 12.7. The number of imide groups is 1. The van der Waals surface area contributed by atoms with Gasteiger partial charge in [-0.25, -0.2) is 0 Å². The summed E-state index contributed by atoms with van der Waals surface area (Å²) < 4.78 is 0. The summed E-state index contributed by atoms with van der Waals surface area (Å²) in [6.45, 7) is 0.197. The molecule has 4 aliphatic rings. The predicted molar refractivity (Wildman–Crippen MR) is 81.0 cm³/mol. The van der Waals surface area contributed by atoms with Crippen molar-refractivity contribution in [1.82, 2.24) is 4.90 Å². The van der Waals surface area contributed by atoms with Crippen LogP contribution in [0.4, 0.5) is 5.69 Å². The smallest absolute Gasteiger partial charge is 0.269 e. The van der Waals surface area contributed by atoms with Crippen LogP contribution in [0.1, 0.15) is 18.4 Å². The van der Waals surface area contributed by atoms with Gasteiger partial charge >= 0.3 is 0 Å². The quantitative estimate of drug-likeness (QED) is 0.371. The van der Waals surface area contributed by atoms with E-state index in [1.54, 1.807) is 12.1 Å². The monoisotopic (exact) mass is 312 g/mol. The van der Waals surface area contributed by atoms with Crippen molar-refractivity contribution >= 4 is 17.5 Å². The average molecular weight is 312 g/mol. The molecule has 1 aromatic rings. The molecule has 2 bridgehead atoms. The number of non-ortho nitro benzene ring substituents is 1. The second-order valence-electron chi connectivity index (χ2n) is 6.53. The number of hydrogen-bond donors (Lipinski definition) is 0. The second-order valence-corrected chi connectivity index (χ2v) is 6.53. The summed E-state index contributed by atoms with van der Waals surface area (Å²) in [5.74, 6) is -0.213. The number of nitro benzene ring substituents is 1. The lowest BCUT2D eigenvalue weighted by atomic mass is 9.63. The van der Waals surface area contributed by atoms with E-state index < -0.39 is 4.92 Å². The molecular weight excluding hydrogens is 296 g/mol. The van der Waals surface area contributed by atoms with Gasteiger partial charge in [0, 0.05) is 12.1 Å². The molecular formula is C17H16N2O4. The van der Waals surface area contributed by atoms with Gasteiger partial charge in [0.2, 0.25) is 11.8 Å². The number of carbonyl (C=O) groups is 2. The Balaban J connectivity index is 1.57. The van der Waals surface area contributed by atoms with Gasteiger partial charge in [-0.05, 0) is 30.2 Å². The summed E-state index contributed by atoms with van der Waals surface area (Å²) in [6, 6.07) is 6.01. The molecule has 23 heavy (non-hydrogen) atoms. The summed E-state index contributed by atoms with van der Waals surface area (Å²) in [4.78, 5) is 36.9. The Kier molecular flexibility index (Phi) is 3.07. The molecule has 1 saturated heterocycles. The predicted octanol–water partition coefficient (Wildman–Crippen LogP) is 2.29. The molecule has 1 saturated carbocycles. The van der Waals surface area contributed by atoms with E-state index in [4.69, 9.17) is 0 Å². The molecule has 3 aliphatic carbocycles. The van der Waals surface area contributed by atoms with E-state index in [0.717, 1.165) is 18.4 Å². The molecule has 0 unspecified atom stereocenters. The van der Waals surface area contributed by atoms with E-state index in [2.05, 4.69) is 12.2 Å². The number of carbonyl (C=O) groups excluding carboxylic acids is 2. The van der Waals surface area contributed by atoms with Crippen molar-refractivity contribution in [2.75, 3.05) is 0 Å². The van der Waals surface area contributed by atoms with E-state index in [0.29, 0.717) is 0 Å². The molecule has 0 aromatic heterocycles. The fraction of sp³-hybridized carbons (Fsp3) is 0.412. The number of allylic oxidation sites excluding steroid dienone is 2. The summed E-state index contributed by atoms with van der Waals surface area (Å²) in [7, 11) is 0. The molecule has 6 heteroatoms. The highest BCUT2D eigenvalue weighted by Crippen LogP contribution is 2.49. The van der Waals surface area contributed by atoms with E-state index in [-0.39, 0.29) is 47.7 Å². The van der Waals surface area contributed by atoms with Gasteiger partial charge in [0.1, 0.15) is 0 Å². The minimum Gasteiger partial charge on any atom is -0.278 e. The first kappa shape index (κ1) is 14.1. The summed E-state index contributed by atoms with van der Waals surface area (Å²) in [5.41, 5.74) is 0.736. The molecule has 2 amide bonds. The van der Waals surface area contributed by atoms with Crippen LogP contribution in [0.15, 0.2) is 36.4 Å². The maximum atomic E-state index is 12.7. The normalized spacial score (nSPS) is 31.6. The minimum absolute atomic E-state index is 0.00346. The van der Waals surface area contributed by atoms with Crippen LogP contribution in [0, 0.1) is 33.8 Å². The van der Waals surface area contributed by atoms with Crippen LogP contribution < -0.4 is 0 Å². The van der Waals surface area contributed by atoms with Crippen molar-refractivity contribution in [1.29, 1.82) is 0 Å². The fourth-order valence-electron chi connectivity index (χ4n) is 4.20. The van der Waals surface area contributed by atoms with Gasteiger partial charge in [-0.15, -0.1) is 0 Å². The van der Waals surface area contributed by atoms with Crippen LogP contribution >= 0.6 is 0 Å². The molecule has 0 spiro atoms. The van der Waals surface area contributed by atoms with Gasteiger partial charge in [-0.1, -0.05) is 24.3 Å². The number of hydrogen-bond acceptors (Lipinski definition) is 4. The first-order chi connectivity index (χ1) is 11.1. The van der Waals surface area contributed by atoms with Gasteiger partial charge in [0.25, 0.3) is 5.69 Å². The number of amides is 2. The van der Waals surface area contributed by atoms with Crippen LogP contribution in [-0.2, 0) is 16.1 Å². The largest absolute Gasteiger partial charge is 0.278 e. The maximum Gasteiger partial charge on any atom is 0.269 e. The number of likely N-dealkylation sites (tertiary alicyclic amines) is 1. The molecule has 118 valence electrons. The number of benzene rings is 1. The number of rotatable bonds is 3. The van der Waals surface area contributed by atoms with Crippen molar-refractivity contribution in [2.45, 2.75) is 19.4 Å². The first-order valence-electron chi connectivity index (χ1n) is 7.83. The average Bonchev–Trinajstić information content (AvgIpc) is 2.83. The standard InChI is InChI=1S/C17H16N2O4/c20-16-14-11-3-4-12(6-5-11)15(14)17(21)18(16)9-10-1-7-13(8-2-10)19(22)23/h1-4,7-8,11-12,14-15H,5-6,9H2/t11-,12+,14-,15-/m0/s1. The molecule has 1 aromatic carbocycles. The van der Waals surface area contributed by atoms with Crippen LogP contribution in [-0.4, -0.2) is 21.6 Å². The zero-order chi connectivity index (χ0) is 16.1. The Morgan fingerprint density at radius 2 is 1.52 bits per heavy atom. The third-order valence-corrected chi connectivity index (χ3v) is 5.34. The molecule has 6 nitrogen and oxygen atoms in total. The van der Waals surface area contributed by atoms with Crippen molar-refractivity contribution in [3.05, 3.63) is 52.1 Å².